The molecule has 1 saturated heterocycles. The van der Waals surface area contributed by atoms with E-state index in [1.54, 1.807) is 6.07 Å². The first-order valence-electron chi connectivity index (χ1n) is 6.62. The minimum atomic E-state index is -3.48. The molecule has 0 aliphatic carbocycles. The van der Waals surface area contributed by atoms with Crippen LogP contribution in [0.15, 0.2) is 23.4 Å². The summed E-state index contributed by atoms with van der Waals surface area (Å²) in [6.45, 7) is 1.09. The zero-order valence-electron chi connectivity index (χ0n) is 11.8. The molecule has 2 heterocycles. The first-order valence-corrected chi connectivity index (χ1v) is 8.60. The van der Waals surface area contributed by atoms with Crippen molar-refractivity contribution in [2.24, 2.45) is 0 Å². The van der Waals surface area contributed by atoms with Gasteiger partial charge in [0.15, 0.2) is 5.03 Å². The number of rotatable bonds is 4. The third kappa shape index (κ3) is 3.31. The number of nitrogens with zero attached hydrogens (tertiary/aromatic N) is 3. The van der Waals surface area contributed by atoms with E-state index in [-0.39, 0.29) is 5.03 Å². The molecule has 20 heavy (non-hydrogen) atoms. The highest BCUT2D eigenvalue weighted by atomic mass is 35.5. The molecule has 0 bridgehead atoms. The molecule has 0 atom stereocenters. The molecule has 1 fully saturated rings. The van der Waals surface area contributed by atoms with Crippen LogP contribution in [0, 0.1) is 0 Å². The summed E-state index contributed by atoms with van der Waals surface area (Å²) in [5, 5.41) is 0.106. The van der Waals surface area contributed by atoms with Crippen molar-refractivity contribution < 1.29 is 8.42 Å². The third-order valence-electron chi connectivity index (χ3n) is 3.71. The molecule has 0 spiro atoms. The van der Waals surface area contributed by atoms with Crippen LogP contribution in [0.1, 0.15) is 18.4 Å². The summed E-state index contributed by atoms with van der Waals surface area (Å²) in [6, 6.07) is 3.69. The smallest absolute Gasteiger partial charge is 0.260 e. The van der Waals surface area contributed by atoms with Gasteiger partial charge in [-0.3, -0.25) is 0 Å². The standard InChI is InChI=1S/C13H20ClN3O2S/c1-16(2)12-5-7-17(8-6-12)20(18,19)13-4-3-11(9-14)10-15-13/h3-4,10,12H,5-9H2,1-2H3. The number of halogens is 1. The lowest BCUT2D eigenvalue weighted by atomic mass is 10.1. The molecule has 0 aromatic carbocycles. The second-order valence-corrected chi connectivity index (χ2v) is 7.39. The van der Waals surface area contributed by atoms with E-state index in [1.165, 1.54) is 16.6 Å². The van der Waals surface area contributed by atoms with Gasteiger partial charge in [0.2, 0.25) is 0 Å². The lowest BCUT2D eigenvalue weighted by Crippen LogP contribution is -2.44. The molecule has 1 aliphatic rings. The zero-order chi connectivity index (χ0) is 14.8. The zero-order valence-corrected chi connectivity index (χ0v) is 13.4. The number of alkyl halides is 1. The molecule has 0 saturated carbocycles. The van der Waals surface area contributed by atoms with Gasteiger partial charge in [0.1, 0.15) is 0 Å². The predicted octanol–water partition coefficient (Wildman–Crippen LogP) is 1.54. The van der Waals surface area contributed by atoms with Crippen molar-refractivity contribution in [1.29, 1.82) is 0 Å². The molecular formula is C13H20ClN3O2S. The second kappa shape index (κ2) is 6.39. The van der Waals surface area contributed by atoms with Gasteiger partial charge in [0.25, 0.3) is 10.0 Å². The summed E-state index contributed by atoms with van der Waals surface area (Å²) in [7, 11) is 0.583. The van der Waals surface area contributed by atoms with Gasteiger partial charge in [0, 0.05) is 31.2 Å². The summed E-state index contributed by atoms with van der Waals surface area (Å²) in [6.07, 6.45) is 3.23. The van der Waals surface area contributed by atoms with Crippen LogP contribution in [0.2, 0.25) is 0 Å². The predicted molar refractivity (Wildman–Crippen MR) is 79.3 cm³/mol. The summed E-state index contributed by atoms with van der Waals surface area (Å²) in [5.41, 5.74) is 0.817. The van der Waals surface area contributed by atoms with E-state index < -0.39 is 10.0 Å². The van der Waals surface area contributed by atoms with Crippen LogP contribution in [-0.2, 0) is 15.9 Å². The Morgan fingerprint density at radius 2 is 2.00 bits per heavy atom. The van der Waals surface area contributed by atoms with Crippen LogP contribution < -0.4 is 0 Å². The number of hydrogen-bond donors (Lipinski definition) is 0. The summed E-state index contributed by atoms with van der Waals surface area (Å²) in [4.78, 5) is 6.18. The first kappa shape index (κ1) is 15.7. The maximum atomic E-state index is 12.5. The highest BCUT2D eigenvalue weighted by molar-refractivity contribution is 7.89. The summed E-state index contributed by atoms with van der Waals surface area (Å²) in [5.74, 6) is 0.335. The molecular weight excluding hydrogens is 298 g/mol. The molecule has 5 nitrogen and oxygen atoms in total. The van der Waals surface area contributed by atoms with Gasteiger partial charge in [-0.05, 0) is 38.6 Å². The van der Waals surface area contributed by atoms with E-state index in [4.69, 9.17) is 11.6 Å². The van der Waals surface area contributed by atoms with Crippen LogP contribution in [0.25, 0.3) is 0 Å². The Labute approximate surface area is 125 Å². The summed E-state index contributed by atoms with van der Waals surface area (Å²) < 4.78 is 26.5. The number of aromatic nitrogens is 1. The number of pyridine rings is 1. The second-order valence-electron chi connectivity index (χ2n) is 5.24. The Balaban J connectivity index is 2.11. The largest absolute Gasteiger partial charge is 0.306 e. The maximum Gasteiger partial charge on any atom is 0.260 e. The molecule has 0 radical (unpaired) electrons. The third-order valence-corrected chi connectivity index (χ3v) is 5.83. The Morgan fingerprint density at radius 1 is 1.35 bits per heavy atom. The van der Waals surface area contributed by atoms with Crippen molar-refractivity contribution in [2.45, 2.75) is 29.8 Å². The van der Waals surface area contributed by atoms with Gasteiger partial charge < -0.3 is 4.90 Å². The average Bonchev–Trinajstić information content (AvgIpc) is 2.47. The Hall–Kier alpha value is -0.690. The molecule has 2 rings (SSSR count). The Morgan fingerprint density at radius 3 is 2.45 bits per heavy atom. The Bertz CT molecular complexity index is 537. The fourth-order valence-electron chi connectivity index (χ4n) is 2.37. The molecule has 7 heteroatoms. The molecule has 0 amide bonds. The van der Waals surface area contributed by atoms with E-state index in [0.29, 0.717) is 25.0 Å². The van der Waals surface area contributed by atoms with E-state index in [2.05, 4.69) is 9.88 Å². The average molecular weight is 318 g/mol. The number of hydrogen-bond acceptors (Lipinski definition) is 4. The van der Waals surface area contributed by atoms with Crippen molar-refractivity contribution in [3.63, 3.8) is 0 Å². The maximum absolute atomic E-state index is 12.5. The van der Waals surface area contributed by atoms with Crippen LogP contribution in [0.5, 0.6) is 0 Å². The lowest BCUT2D eigenvalue weighted by molar-refractivity contribution is 0.196. The molecule has 1 aromatic rings. The van der Waals surface area contributed by atoms with Crippen molar-refractivity contribution >= 4 is 21.6 Å². The highest BCUT2D eigenvalue weighted by Gasteiger charge is 2.30. The van der Waals surface area contributed by atoms with Crippen molar-refractivity contribution in [3.05, 3.63) is 23.9 Å². The summed E-state index contributed by atoms with van der Waals surface area (Å²) >= 11 is 5.68. The number of sulfonamides is 1. The van der Waals surface area contributed by atoms with Crippen LogP contribution in [0.4, 0.5) is 0 Å². The van der Waals surface area contributed by atoms with E-state index >= 15 is 0 Å². The van der Waals surface area contributed by atoms with Crippen LogP contribution >= 0.6 is 11.6 Å². The topological polar surface area (TPSA) is 53.5 Å². The SMILES string of the molecule is CN(C)C1CCN(S(=O)(=O)c2ccc(CCl)cn2)CC1. The van der Waals surface area contributed by atoms with E-state index in [0.717, 1.165) is 18.4 Å². The lowest BCUT2D eigenvalue weighted by Gasteiger charge is -2.34. The Kier molecular flexibility index (Phi) is 5.01. The quantitative estimate of drug-likeness (QED) is 0.790. The molecule has 0 unspecified atom stereocenters. The van der Waals surface area contributed by atoms with Gasteiger partial charge in [-0.2, -0.15) is 4.31 Å². The van der Waals surface area contributed by atoms with Gasteiger partial charge in [-0.1, -0.05) is 6.07 Å². The van der Waals surface area contributed by atoms with Crippen molar-refractivity contribution in [1.82, 2.24) is 14.2 Å². The van der Waals surface area contributed by atoms with Crippen LogP contribution in [0.3, 0.4) is 0 Å². The van der Waals surface area contributed by atoms with Gasteiger partial charge in [-0.25, -0.2) is 13.4 Å². The fraction of sp³-hybridized carbons (Fsp3) is 0.615. The normalized spacial score (nSPS) is 18.6. The van der Waals surface area contributed by atoms with Gasteiger partial charge in [0.05, 0.1) is 0 Å². The highest BCUT2D eigenvalue weighted by Crippen LogP contribution is 2.21. The molecule has 0 N–H and O–H groups in total. The number of piperidine rings is 1. The van der Waals surface area contributed by atoms with Crippen LogP contribution in [-0.4, -0.2) is 55.8 Å². The monoisotopic (exact) mass is 317 g/mol. The van der Waals surface area contributed by atoms with Gasteiger partial charge in [-0.15, -0.1) is 11.6 Å². The molecule has 1 aliphatic heterocycles. The molecule has 1 aromatic heterocycles. The minimum absolute atomic E-state index is 0.106. The minimum Gasteiger partial charge on any atom is -0.306 e. The van der Waals surface area contributed by atoms with Gasteiger partial charge >= 0.3 is 0 Å². The van der Waals surface area contributed by atoms with Crippen molar-refractivity contribution in [3.8, 4) is 0 Å². The molecule has 112 valence electrons. The first-order chi connectivity index (χ1) is 9.45. The van der Waals surface area contributed by atoms with E-state index in [1.807, 2.05) is 14.1 Å². The van der Waals surface area contributed by atoms with E-state index in [9.17, 15) is 8.42 Å². The van der Waals surface area contributed by atoms with Crippen molar-refractivity contribution in [2.75, 3.05) is 27.2 Å². The fourth-order valence-corrected chi connectivity index (χ4v) is 3.91.